The maximum Gasteiger partial charge on any atom is 0.303 e. The third kappa shape index (κ3) is 2.89. The van der Waals surface area contributed by atoms with Crippen molar-refractivity contribution in [2.24, 2.45) is 0 Å². The molecule has 0 heterocycles. The first kappa shape index (κ1) is 11.3. The van der Waals surface area contributed by atoms with Gasteiger partial charge in [-0.05, 0) is 25.0 Å². The largest absolute Gasteiger partial charge is 0.457 e. The molecule has 0 amide bonds. The van der Waals surface area contributed by atoms with Crippen LogP contribution in [-0.4, -0.2) is 12.1 Å². The molecule has 2 nitrogen and oxygen atoms in total. The Balaban J connectivity index is 2.01. The molecule has 1 aliphatic rings. The van der Waals surface area contributed by atoms with E-state index in [1.54, 1.807) is 11.8 Å². The van der Waals surface area contributed by atoms with Crippen molar-refractivity contribution in [3.8, 4) is 0 Å². The molecule has 0 N–H and O–H groups in total. The number of allylic oxidation sites excluding steroid dienone is 1. The van der Waals surface area contributed by atoms with Gasteiger partial charge in [0.15, 0.2) is 0 Å². The zero-order valence-corrected chi connectivity index (χ0v) is 10.00. The van der Waals surface area contributed by atoms with Gasteiger partial charge in [-0.2, -0.15) is 0 Å². The van der Waals surface area contributed by atoms with Crippen molar-refractivity contribution in [1.29, 1.82) is 0 Å². The molecule has 0 radical (unpaired) electrons. The Morgan fingerprint density at radius 3 is 2.81 bits per heavy atom. The molecule has 1 aromatic rings. The van der Waals surface area contributed by atoms with Crippen molar-refractivity contribution in [1.82, 2.24) is 0 Å². The van der Waals surface area contributed by atoms with Gasteiger partial charge in [-0.25, -0.2) is 0 Å². The highest BCUT2D eigenvalue weighted by atomic mass is 32.2. The van der Waals surface area contributed by atoms with Crippen molar-refractivity contribution in [2.75, 3.05) is 0 Å². The lowest BCUT2D eigenvalue weighted by Gasteiger charge is -2.14. The minimum absolute atomic E-state index is 0.0392. The molecule has 0 aliphatic heterocycles. The fourth-order valence-electron chi connectivity index (χ4n) is 1.70. The summed E-state index contributed by atoms with van der Waals surface area (Å²) >= 11 is 1.69. The van der Waals surface area contributed by atoms with Crippen LogP contribution in [0.3, 0.4) is 0 Å². The number of hydrogen-bond acceptors (Lipinski definition) is 3. The molecule has 16 heavy (non-hydrogen) atoms. The molecule has 2 rings (SSSR count). The van der Waals surface area contributed by atoms with Gasteiger partial charge in [0.2, 0.25) is 0 Å². The lowest BCUT2D eigenvalue weighted by atomic mass is 10.3. The average Bonchev–Trinajstić information content (AvgIpc) is 2.66. The summed E-state index contributed by atoms with van der Waals surface area (Å²) in [5.41, 5.74) is 0. The van der Waals surface area contributed by atoms with Crippen molar-refractivity contribution in [2.45, 2.75) is 30.8 Å². The molecule has 1 atom stereocenters. The molecule has 3 heteroatoms. The third-order valence-electron chi connectivity index (χ3n) is 2.38. The Labute approximate surface area is 99.7 Å². The quantitative estimate of drug-likeness (QED) is 0.750. The number of hydrogen-bond donors (Lipinski definition) is 0. The predicted octanol–water partition coefficient (Wildman–Crippen LogP) is 3.39. The van der Waals surface area contributed by atoms with Gasteiger partial charge in [0.25, 0.3) is 0 Å². The molecule has 0 spiro atoms. The predicted molar refractivity (Wildman–Crippen MR) is 65.2 cm³/mol. The number of carbonyl (C=O) groups is 1. The van der Waals surface area contributed by atoms with E-state index in [0.29, 0.717) is 0 Å². The number of ether oxygens (including phenoxy) is 1. The van der Waals surface area contributed by atoms with Gasteiger partial charge in [-0.3, -0.25) is 4.79 Å². The minimum atomic E-state index is -0.202. The lowest BCUT2D eigenvalue weighted by Crippen LogP contribution is -2.13. The van der Waals surface area contributed by atoms with Crippen LogP contribution in [0.4, 0.5) is 0 Å². The Bertz CT molecular complexity index is 398. The topological polar surface area (TPSA) is 26.3 Å². The second-order valence-corrected chi connectivity index (χ2v) is 4.84. The highest BCUT2D eigenvalue weighted by Gasteiger charge is 2.22. The number of rotatable bonds is 3. The van der Waals surface area contributed by atoms with Crippen LogP contribution < -0.4 is 0 Å². The van der Waals surface area contributed by atoms with E-state index >= 15 is 0 Å². The summed E-state index contributed by atoms with van der Waals surface area (Å²) < 4.78 is 5.27. The standard InChI is InChI=1S/C13H14O2S/c1-10(14)15-12-8-5-9-13(12)16-11-6-3-2-4-7-11/h2-4,6-7,9,12H,5,8H2,1H3/t12-/m1/s1. The molecule has 1 aromatic carbocycles. The molecule has 0 fully saturated rings. The lowest BCUT2D eigenvalue weighted by molar-refractivity contribution is -0.144. The van der Waals surface area contributed by atoms with Gasteiger partial charge in [0.05, 0.1) is 0 Å². The molecule has 0 unspecified atom stereocenters. The summed E-state index contributed by atoms with van der Waals surface area (Å²) in [6.45, 7) is 1.46. The smallest absolute Gasteiger partial charge is 0.303 e. The van der Waals surface area contributed by atoms with Crippen LogP contribution in [0.5, 0.6) is 0 Å². The molecule has 0 bridgehead atoms. The van der Waals surface area contributed by atoms with E-state index in [2.05, 4.69) is 18.2 Å². The van der Waals surface area contributed by atoms with Crippen LogP contribution in [0.2, 0.25) is 0 Å². The van der Waals surface area contributed by atoms with E-state index in [1.165, 1.54) is 11.8 Å². The van der Waals surface area contributed by atoms with Crippen LogP contribution in [0.15, 0.2) is 46.2 Å². The van der Waals surface area contributed by atoms with E-state index < -0.39 is 0 Å². The Morgan fingerprint density at radius 2 is 2.12 bits per heavy atom. The van der Waals surface area contributed by atoms with E-state index in [9.17, 15) is 4.79 Å². The van der Waals surface area contributed by atoms with E-state index in [-0.39, 0.29) is 12.1 Å². The van der Waals surface area contributed by atoms with Crippen molar-refractivity contribution in [3.05, 3.63) is 41.3 Å². The van der Waals surface area contributed by atoms with Gasteiger partial charge in [-0.15, -0.1) is 0 Å². The van der Waals surface area contributed by atoms with Gasteiger partial charge < -0.3 is 4.74 Å². The van der Waals surface area contributed by atoms with E-state index in [0.717, 1.165) is 17.7 Å². The normalized spacial score (nSPS) is 19.3. The molecule has 0 saturated heterocycles. The zero-order valence-electron chi connectivity index (χ0n) is 9.18. The Morgan fingerprint density at radius 1 is 1.38 bits per heavy atom. The van der Waals surface area contributed by atoms with Crippen LogP contribution in [-0.2, 0) is 9.53 Å². The van der Waals surface area contributed by atoms with Crippen molar-refractivity contribution >= 4 is 17.7 Å². The molecule has 84 valence electrons. The molecular weight excluding hydrogens is 220 g/mol. The van der Waals surface area contributed by atoms with Crippen molar-refractivity contribution < 1.29 is 9.53 Å². The summed E-state index contributed by atoms with van der Waals surface area (Å²) in [6, 6.07) is 10.2. The van der Waals surface area contributed by atoms with Crippen LogP contribution >= 0.6 is 11.8 Å². The number of thioether (sulfide) groups is 1. The maximum atomic E-state index is 10.9. The summed E-state index contributed by atoms with van der Waals surface area (Å²) in [7, 11) is 0. The Kier molecular flexibility index (Phi) is 3.67. The number of esters is 1. The van der Waals surface area contributed by atoms with Crippen molar-refractivity contribution in [3.63, 3.8) is 0 Å². The zero-order chi connectivity index (χ0) is 11.4. The molecule has 0 saturated carbocycles. The van der Waals surface area contributed by atoms with Crippen LogP contribution in [0.1, 0.15) is 19.8 Å². The molecular formula is C13H14O2S. The fraction of sp³-hybridized carbons (Fsp3) is 0.308. The van der Waals surface area contributed by atoms with E-state index in [4.69, 9.17) is 4.74 Å². The van der Waals surface area contributed by atoms with Gasteiger partial charge in [-0.1, -0.05) is 36.0 Å². The van der Waals surface area contributed by atoms with Gasteiger partial charge >= 0.3 is 5.97 Å². The Hall–Kier alpha value is -1.22. The second-order valence-electron chi connectivity index (χ2n) is 3.70. The first-order chi connectivity index (χ1) is 7.75. The van der Waals surface area contributed by atoms with E-state index in [1.807, 2.05) is 18.2 Å². The first-order valence-corrected chi connectivity index (χ1v) is 6.17. The summed E-state index contributed by atoms with van der Waals surface area (Å²) in [4.78, 5) is 13.3. The second kappa shape index (κ2) is 5.21. The van der Waals surface area contributed by atoms with Gasteiger partial charge in [0, 0.05) is 16.7 Å². The SMILES string of the molecule is CC(=O)O[C@@H]1CCC=C1Sc1ccccc1. The summed E-state index contributed by atoms with van der Waals surface area (Å²) in [5, 5.41) is 0. The monoisotopic (exact) mass is 234 g/mol. The first-order valence-electron chi connectivity index (χ1n) is 5.36. The summed E-state index contributed by atoms with van der Waals surface area (Å²) in [5.74, 6) is -0.202. The molecule has 0 aromatic heterocycles. The minimum Gasteiger partial charge on any atom is -0.457 e. The molecule has 1 aliphatic carbocycles. The fourth-order valence-corrected chi connectivity index (χ4v) is 2.76. The number of benzene rings is 1. The maximum absolute atomic E-state index is 10.9. The van der Waals surface area contributed by atoms with Gasteiger partial charge in [0.1, 0.15) is 6.10 Å². The van der Waals surface area contributed by atoms with Crippen LogP contribution in [0, 0.1) is 0 Å². The highest BCUT2D eigenvalue weighted by molar-refractivity contribution is 8.03. The van der Waals surface area contributed by atoms with Crippen LogP contribution in [0.25, 0.3) is 0 Å². The average molecular weight is 234 g/mol. The highest BCUT2D eigenvalue weighted by Crippen LogP contribution is 2.36. The third-order valence-corrected chi connectivity index (χ3v) is 3.55. The summed E-state index contributed by atoms with van der Waals surface area (Å²) in [6.07, 6.45) is 4.02. The number of carbonyl (C=O) groups excluding carboxylic acids is 1.